The molecule has 0 heterocycles. The average Bonchev–Trinajstić information content (AvgIpc) is 2.65. The Hall–Kier alpha value is 0.430. The zero-order valence-electron chi connectivity index (χ0n) is 8.97. The van der Waals surface area contributed by atoms with Crippen LogP contribution in [-0.4, -0.2) is 9.20 Å². The van der Waals surface area contributed by atoms with Gasteiger partial charge in [0.05, 0.1) is 3.23 Å². The summed E-state index contributed by atoms with van der Waals surface area (Å²) in [6, 6.07) is 0. The highest BCUT2D eigenvalue weighted by Gasteiger charge is 2.59. The molecule has 0 aromatic rings. The maximum atomic E-state index is 10.4. The molecule has 1 fully saturated rings. The van der Waals surface area contributed by atoms with Crippen LogP contribution in [0.3, 0.4) is 0 Å². The number of rotatable bonds is 7. The van der Waals surface area contributed by atoms with Gasteiger partial charge in [0, 0.05) is 5.97 Å². The number of hydrogen-bond donors (Lipinski definition) is 0. The van der Waals surface area contributed by atoms with Crippen LogP contribution in [0.1, 0.15) is 45.4 Å². The molecular formula is C11H17Br2O2-. The van der Waals surface area contributed by atoms with E-state index < -0.39 is 5.97 Å². The van der Waals surface area contributed by atoms with Gasteiger partial charge in [0.1, 0.15) is 0 Å². The van der Waals surface area contributed by atoms with Crippen LogP contribution in [-0.2, 0) is 4.79 Å². The van der Waals surface area contributed by atoms with Crippen molar-refractivity contribution in [2.45, 2.75) is 48.7 Å². The molecule has 88 valence electrons. The lowest BCUT2D eigenvalue weighted by Gasteiger charge is -2.00. The van der Waals surface area contributed by atoms with Crippen molar-refractivity contribution < 1.29 is 9.90 Å². The summed E-state index contributed by atoms with van der Waals surface area (Å²) in [7, 11) is 0. The molecule has 0 saturated heterocycles. The molecule has 0 radical (unpaired) electrons. The number of unbranched alkanes of at least 4 members (excludes halogenated alkanes) is 2. The molecular weight excluding hydrogens is 324 g/mol. The largest absolute Gasteiger partial charge is 0.550 e. The minimum Gasteiger partial charge on any atom is -0.550 e. The Labute approximate surface area is 108 Å². The fraction of sp³-hybridized carbons (Fsp3) is 0.909. The van der Waals surface area contributed by atoms with E-state index in [9.17, 15) is 9.90 Å². The minimum atomic E-state index is -0.940. The van der Waals surface area contributed by atoms with Crippen LogP contribution in [0.15, 0.2) is 0 Å². The third-order valence-corrected chi connectivity index (χ3v) is 5.50. The first-order chi connectivity index (χ1) is 7.00. The molecule has 2 unspecified atom stereocenters. The summed E-state index contributed by atoms with van der Waals surface area (Å²) >= 11 is 7.25. The summed E-state index contributed by atoms with van der Waals surface area (Å²) in [5, 5.41) is 10.4. The Bertz CT molecular complexity index is 229. The molecule has 0 bridgehead atoms. The fourth-order valence-corrected chi connectivity index (χ4v) is 4.06. The third kappa shape index (κ3) is 3.74. The van der Waals surface area contributed by atoms with Crippen LogP contribution in [0, 0.1) is 11.8 Å². The van der Waals surface area contributed by atoms with E-state index in [0.29, 0.717) is 11.8 Å². The summed E-state index contributed by atoms with van der Waals surface area (Å²) < 4.78 is 0.00317. The summed E-state index contributed by atoms with van der Waals surface area (Å²) in [4.78, 5) is 10.4. The number of carboxylic acids is 1. The topological polar surface area (TPSA) is 40.1 Å². The second-order valence-corrected chi connectivity index (χ2v) is 7.98. The van der Waals surface area contributed by atoms with Gasteiger partial charge in [-0.3, -0.25) is 0 Å². The van der Waals surface area contributed by atoms with E-state index in [-0.39, 0.29) is 9.65 Å². The molecule has 0 spiro atoms. The first kappa shape index (κ1) is 13.5. The van der Waals surface area contributed by atoms with Crippen molar-refractivity contribution in [3.63, 3.8) is 0 Å². The Balaban J connectivity index is 2.25. The predicted molar refractivity (Wildman–Crippen MR) is 65.9 cm³/mol. The van der Waals surface area contributed by atoms with Gasteiger partial charge in [0.25, 0.3) is 0 Å². The third-order valence-electron chi connectivity index (χ3n) is 3.14. The molecule has 0 amide bonds. The molecule has 0 N–H and O–H groups in total. The van der Waals surface area contributed by atoms with Crippen LogP contribution in [0.2, 0.25) is 0 Å². The van der Waals surface area contributed by atoms with Crippen molar-refractivity contribution >= 4 is 37.8 Å². The Morgan fingerprint density at radius 2 is 1.87 bits per heavy atom. The lowest BCUT2D eigenvalue weighted by Crippen LogP contribution is -2.21. The van der Waals surface area contributed by atoms with Crippen molar-refractivity contribution in [3.05, 3.63) is 0 Å². The van der Waals surface area contributed by atoms with Crippen molar-refractivity contribution in [3.8, 4) is 0 Å². The second-order valence-electron chi connectivity index (χ2n) is 4.29. The van der Waals surface area contributed by atoms with Crippen LogP contribution in [0.5, 0.6) is 0 Å². The zero-order chi connectivity index (χ0) is 11.5. The molecule has 0 aromatic carbocycles. The molecule has 1 rings (SSSR count). The lowest BCUT2D eigenvalue weighted by atomic mass is 10.1. The molecule has 0 aliphatic heterocycles. The monoisotopic (exact) mass is 339 g/mol. The Morgan fingerprint density at radius 1 is 1.27 bits per heavy atom. The lowest BCUT2D eigenvalue weighted by molar-refractivity contribution is -0.305. The SMILES string of the molecule is CCCCCC1C(CCC(=O)[O-])C1(Br)Br. The Kier molecular flexibility index (Phi) is 5.10. The highest BCUT2D eigenvalue weighted by molar-refractivity contribution is 9.25. The number of carbonyl (C=O) groups is 1. The smallest absolute Gasteiger partial charge is 0.0868 e. The number of aliphatic carboxylic acids is 1. The zero-order valence-corrected chi connectivity index (χ0v) is 12.1. The van der Waals surface area contributed by atoms with Crippen LogP contribution >= 0.6 is 31.9 Å². The highest BCUT2D eigenvalue weighted by atomic mass is 79.9. The van der Waals surface area contributed by atoms with Gasteiger partial charge in [-0.25, -0.2) is 0 Å². The van der Waals surface area contributed by atoms with E-state index >= 15 is 0 Å². The van der Waals surface area contributed by atoms with E-state index in [2.05, 4.69) is 38.8 Å². The van der Waals surface area contributed by atoms with Crippen LogP contribution in [0.25, 0.3) is 0 Å². The highest BCUT2D eigenvalue weighted by Crippen LogP contribution is 2.65. The molecule has 1 aliphatic carbocycles. The summed E-state index contributed by atoms with van der Waals surface area (Å²) in [6.45, 7) is 2.19. The first-order valence-electron chi connectivity index (χ1n) is 5.57. The quantitative estimate of drug-likeness (QED) is 0.528. The maximum absolute atomic E-state index is 10.4. The van der Waals surface area contributed by atoms with Crippen molar-refractivity contribution in [2.75, 3.05) is 0 Å². The molecule has 2 atom stereocenters. The number of carboxylic acid groups (broad SMARTS) is 1. The van der Waals surface area contributed by atoms with E-state index in [1.54, 1.807) is 0 Å². The number of carbonyl (C=O) groups excluding carboxylic acids is 1. The average molecular weight is 341 g/mol. The van der Waals surface area contributed by atoms with Gasteiger partial charge < -0.3 is 9.90 Å². The summed E-state index contributed by atoms with van der Waals surface area (Å²) in [6.07, 6.45) is 5.81. The number of alkyl halides is 2. The molecule has 0 aromatic heterocycles. The molecule has 15 heavy (non-hydrogen) atoms. The standard InChI is InChI=1S/C11H18Br2O2/c1-2-3-4-5-8-9(11(8,12)13)6-7-10(14)15/h8-9H,2-7H2,1H3,(H,14,15)/p-1. The van der Waals surface area contributed by atoms with Crippen molar-refractivity contribution in [1.82, 2.24) is 0 Å². The first-order valence-corrected chi connectivity index (χ1v) is 7.16. The van der Waals surface area contributed by atoms with Gasteiger partial charge in [-0.05, 0) is 31.1 Å². The van der Waals surface area contributed by atoms with Gasteiger partial charge in [-0.2, -0.15) is 0 Å². The maximum Gasteiger partial charge on any atom is 0.0868 e. The van der Waals surface area contributed by atoms with Gasteiger partial charge in [0.2, 0.25) is 0 Å². The second kappa shape index (κ2) is 5.67. The van der Waals surface area contributed by atoms with Crippen molar-refractivity contribution in [2.24, 2.45) is 11.8 Å². The number of halogens is 2. The predicted octanol–water partition coefficient (Wildman–Crippen LogP) is 2.83. The normalized spacial score (nSPS) is 27.7. The van der Waals surface area contributed by atoms with Crippen LogP contribution < -0.4 is 5.11 Å². The van der Waals surface area contributed by atoms with Crippen molar-refractivity contribution in [1.29, 1.82) is 0 Å². The van der Waals surface area contributed by atoms with Gasteiger partial charge in [-0.15, -0.1) is 0 Å². The molecule has 1 saturated carbocycles. The molecule has 2 nitrogen and oxygen atoms in total. The summed E-state index contributed by atoms with van der Waals surface area (Å²) in [5.41, 5.74) is 0. The summed E-state index contributed by atoms with van der Waals surface area (Å²) in [5.74, 6) is 0.0978. The number of hydrogen-bond acceptors (Lipinski definition) is 2. The van der Waals surface area contributed by atoms with Gasteiger partial charge in [-0.1, -0.05) is 58.0 Å². The van der Waals surface area contributed by atoms with Gasteiger partial charge >= 0.3 is 0 Å². The van der Waals surface area contributed by atoms with E-state index in [1.807, 2.05) is 0 Å². The van der Waals surface area contributed by atoms with E-state index in [0.717, 1.165) is 6.42 Å². The minimum absolute atomic E-state index is 0.00317. The fourth-order valence-electron chi connectivity index (χ4n) is 2.14. The van der Waals surface area contributed by atoms with Gasteiger partial charge in [0.15, 0.2) is 0 Å². The van der Waals surface area contributed by atoms with E-state index in [4.69, 9.17) is 0 Å². The molecule has 4 heteroatoms. The Morgan fingerprint density at radius 3 is 2.40 bits per heavy atom. The molecule has 1 aliphatic rings. The van der Waals surface area contributed by atoms with Crippen LogP contribution in [0.4, 0.5) is 0 Å². The van der Waals surface area contributed by atoms with E-state index in [1.165, 1.54) is 25.7 Å².